The molecular formula is C38H62Br2N4S4. The second-order valence-corrected chi connectivity index (χ2v) is 20.7. The van der Waals surface area contributed by atoms with Gasteiger partial charge >= 0.3 is 0 Å². The predicted octanol–water partition coefficient (Wildman–Crippen LogP) is 13.1. The topological polar surface area (TPSA) is 48.1 Å². The molecule has 2 saturated heterocycles. The van der Waals surface area contributed by atoms with E-state index < -0.39 is 0 Å². The van der Waals surface area contributed by atoms with Crippen molar-refractivity contribution < 1.29 is 0 Å². The van der Waals surface area contributed by atoms with Gasteiger partial charge in [-0.2, -0.15) is 0 Å². The maximum Gasteiger partial charge on any atom is 0.0733 e. The molecule has 3 aliphatic rings. The van der Waals surface area contributed by atoms with Crippen LogP contribution in [-0.4, -0.2) is 24.2 Å². The highest BCUT2D eigenvalue weighted by Crippen LogP contribution is 2.51. The largest absolute Gasteiger partial charge is 0.245 e. The van der Waals surface area contributed by atoms with E-state index in [2.05, 4.69) is 76.7 Å². The Morgan fingerprint density at radius 3 is 1.06 bits per heavy atom. The molecule has 0 spiro atoms. The fourth-order valence-corrected chi connectivity index (χ4v) is 14.0. The van der Waals surface area contributed by atoms with Gasteiger partial charge in [-0.05, 0) is 80.8 Å². The van der Waals surface area contributed by atoms with Crippen LogP contribution < -0.4 is 18.9 Å². The Balaban J connectivity index is 1.12. The summed E-state index contributed by atoms with van der Waals surface area (Å²) in [7, 11) is 0. The average Bonchev–Trinajstić information content (AvgIpc) is 3.90. The Morgan fingerprint density at radius 1 is 0.458 bits per heavy atom. The zero-order chi connectivity index (χ0) is 33.6. The first-order valence-corrected chi connectivity index (χ1v) is 24.4. The maximum absolute atomic E-state index is 3.99. The fraction of sp³-hybridized carbons (Fsp3) is 0.789. The third-order valence-electron chi connectivity index (χ3n) is 10.9. The Morgan fingerprint density at radius 2 is 0.750 bits per heavy atom. The van der Waals surface area contributed by atoms with Crippen LogP contribution in [0.2, 0.25) is 0 Å². The lowest BCUT2D eigenvalue weighted by Crippen LogP contribution is -2.61. The highest BCUT2D eigenvalue weighted by molar-refractivity contribution is 9.11. The number of thiophene rings is 2. The van der Waals surface area contributed by atoms with E-state index in [0.29, 0.717) is 36.0 Å². The standard InChI is InChI=1S/C38H62Br2N4S4/c1-3-5-7-9-11-13-15-17-19-21-23-27-25-29(45-37(27)39)31-33-35(43-47-41-33)32(36-34(31)42-48-44-36)30-26-28(38(40)46-30)24-22-20-18-16-14-12-10-8-6-4-2/h25-26,31-36,41-44H,3-24H2,1-2H3. The summed E-state index contributed by atoms with van der Waals surface area (Å²) < 4.78 is 18.1. The molecule has 2 aromatic heterocycles. The van der Waals surface area contributed by atoms with Crippen LogP contribution in [0.5, 0.6) is 0 Å². The van der Waals surface area contributed by atoms with Gasteiger partial charge in [0.1, 0.15) is 0 Å². The van der Waals surface area contributed by atoms with Gasteiger partial charge in [-0.15, -0.1) is 22.7 Å². The maximum atomic E-state index is 3.99. The van der Waals surface area contributed by atoms with Crippen LogP contribution in [0.1, 0.15) is 175 Å². The number of nitrogens with one attached hydrogen (secondary N) is 4. The molecule has 4 atom stereocenters. The van der Waals surface area contributed by atoms with Crippen molar-refractivity contribution in [3.63, 3.8) is 0 Å². The summed E-state index contributed by atoms with van der Waals surface area (Å²) >= 11 is 15.4. The molecule has 2 aromatic rings. The first-order chi connectivity index (χ1) is 23.6. The summed E-state index contributed by atoms with van der Waals surface area (Å²) in [6, 6.07) is 6.63. The Bertz CT molecular complexity index is 1080. The zero-order valence-corrected chi connectivity index (χ0v) is 36.0. The highest BCUT2D eigenvalue weighted by atomic mass is 79.9. The van der Waals surface area contributed by atoms with Crippen LogP contribution in [0, 0.1) is 0 Å². The molecule has 1 saturated carbocycles. The van der Waals surface area contributed by atoms with Gasteiger partial charge in [0.25, 0.3) is 0 Å². The SMILES string of the molecule is CCCCCCCCCCCCc1cc(C2C3NSNC3C(c3cc(CCCCCCCCCCCC)c(Br)s3)C3NSNC32)sc1Br. The molecule has 4 heterocycles. The van der Waals surface area contributed by atoms with E-state index in [4.69, 9.17) is 0 Å². The van der Waals surface area contributed by atoms with Gasteiger partial charge in [-0.3, -0.25) is 0 Å². The van der Waals surface area contributed by atoms with Gasteiger partial charge in [0.05, 0.1) is 7.57 Å². The third kappa shape index (κ3) is 11.4. The normalized spacial score (nSPS) is 25.2. The molecule has 5 rings (SSSR count). The molecular weight excluding hydrogens is 801 g/mol. The zero-order valence-electron chi connectivity index (χ0n) is 29.6. The van der Waals surface area contributed by atoms with Crippen LogP contribution in [0.4, 0.5) is 0 Å². The van der Waals surface area contributed by atoms with Gasteiger partial charge in [-0.25, -0.2) is 18.9 Å². The molecule has 0 radical (unpaired) electrons. The summed E-state index contributed by atoms with van der Waals surface area (Å²) in [5.41, 5.74) is 3.03. The summed E-state index contributed by atoms with van der Waals surface area (Å²) in [6.07, 6.45) is 30.2. The molecule has 4 nitrogen and oxygen atoms in total. The minimum Gasteiger partial charge on any atom is -0.245 e. The van der Waals surface area contributed by atoms with Crippen molar-refractivity contribution in [3.05, 3.63) is 40.6 Å². The number of rotatable bonds is 24. The molecule has 2 aliphatic heterocycles. The van der Waals surface area contributed by atoms with Gasteiger partial charge in [0.15, 0.2) is 0 Å². The minimum absolute atomic E-state index is 0.385. The van der Waals surface area contributed by atoms with E-state index in [-0.39, 0.29) is 0 Å². The Hall–Kier alpha value is 0.900. The molecule has 4 N–H and O–H groups in total. The van der Waals surface area contributed by atoms with Gasteiger partial charge in [-0.1, -0.05) is 129 Å². The monoisotopic (exact) mass is 860 g/mol. The molecule has 48 heavy (non-hydrogen) atoms. The molecule has 0 bridgehead atoms. The van der Waals surface area contributed by atoms with E-state index in [1.54, 1.807) is 24.3 Å². The Kier molecular flexibility index (Phi) is 18.5. The van der Waals surface area contributed by atoms with E-state index in [1.807, 2.05) is 22.7 Å². The molecule has 3 fully saturated rings. The minimum atomic E-state index is 0.385. The smallest absolute Gasteiger partial charge is 0.0733 e. The summed E-state index contributed by atoms with van der Waals surface area (Å²) in [4.78, 5) is 3.05. The van der Waals surface area contributed by atoms with Crippen molar-refractivity contribution in [2.24, 2.45) is 0 Å². The van der Waals surface area contributed by atoms with Crippen LogP contribution in [0.3, 0.4) is 0 Å². The number of fused-ring (bicyclic) bond motifs is 2. The van der Waals surface area contributed by atoms with Crippen LogP contribution >= 0.6 is 78.8 Å². The van der Waals surface area contributed by atoms with Gasteiger partial charge < -0.3 is 0 Å². The van der Waals surface area contributed by atoms with E-state index in [9.17, 15) is 0 Å². The van der Waals surface area contributed by atoms with Crippen LogP contribution in [0.15, 0.2) is 19.7 Å². The number of hydrogen-bond acceptors (Lipinski definition) is 8. The van der Waals surface area contributed by atoms with Gasteiger partial charge in [0, 0.05) is 70.0 Å². The average molecular weight is 863 g/mol. The molecule has 0 aromatic carbocycles. The second-order valence-electron chi connectivity index (χ2n) is 14.6. The number of halogens is 2. The highest BCUT2D eigenvalue weighted by Gasteiger charge is 2.56. The van der Waals surface area contributed by atoms with Crippen molar-refractivity contribution in [2.75, 3.05) is 0 Å². The molecule has 10 heteroatoms. The van der Waals surface area contributed by atoms with E-state index in [0.717, 1.165) is 0 Å². The molecule has 1 aliphatic carbocycles. The van der Waals surface area contributed by atoms with Crippen molar-refractivity contribution >= 4 is 78.8 Å². The van der Waals surface area contributed by atoms with Gasteiger partial charge in [0.2, 0.25) is 0 Å². The molecule has 272 valence electrons. The fourth-order valence-electron chi connectivity index (χ4n) is 8.10. The lowest BCUT2D eigenvalue weighted by atomic mass is 9.68. The first-order valence-electron chi connectivity index (χ1n) is 19.5. The number of aryl methyl sites for hydroxylation is 2. The van der Waals surface area contributed by atoms with Crippen LogP contribution in [0.25, 0.3) is 0 Å². The number of hydrogen-bond donors (Lipinski definition) is 4. The van der Waals surface area contributed by atoms with Crippen molar-refractivity contribution in [1.82, 2.24) is 18.9 Å². The third-order valence-corrected chi connectivity index (χ3v) is 16.6. The van der Waals surface area contributed by atoms with Crippen molar-refractivity contribution in [3.8, 4) is 0 Å². The van der Waals surface area contributed by atoms with Crippen molar-refractivity contribution in [1.29, 1.82) is 0 Å². The first kappa shape index (κ1) is 40.1. The predicted molar refractivity (Wildman–Crippen MR) is 223 cm³/mol. The van der Waals surface area contributed by atoms with E-state index >= 15 is 0 Å². The van der Waals surface area contributed by atoms with Crippen molar-refractivity contribution in [2.45, 2.75) is 191 Å². The lowest BCUT2D eigenvalue weighted by molar-refractivity contribution is 0.227. The lowest BCUT2D eigenvalue weighted by Gasteiger charge is -2.45. The second kappa shape index (κ2) is 22.2. The molecule has 0 amide bonds. The summed E-state index contributed by atoms with van der Waals surface area (Å²) in [5, 5.41) is 0. The quantitative estimate of drug-likeness (QED) is 0.0623. The number of unbranched alkanes of at least 4 members (excludes halogenated alkanes) is 18. The molecule has 4 unspecified atom stereocenters. The van der Waals surface area contributed by atoms with Crippen LogP contribution in [-0.2, 0) is 12.8 Å². The Labute approximate surface area is 326 Å². The summed E-state index contributed by atoms with van der Waals surface area (Å²) in [5.74, 6) is 0.858. The van der Waals surface area contributed by atoms with E-state index in [1.165, 1.54) is 170 Å². The summed E-state index contributed by atoms with van der Waals surface area (Å²) in [6.45, 7) is 4.60.